The highest BCUT2D eigenvalue weighted by molar-refractivity contribution is 6.29. The summed E-state index contributed by atoms with van der Waals surface area (Å²) in [5.74, 6) is -5.03. The first-order valence-electron chi connectivity index (χ1n) is 7.43. The molecule has 0 saturated heterocycles. The minimum absolute atomic E-state index is 0.0536. The smallest absolute Gasteiger partial charge is 0.422 e. The molecule has 11 heteroatoms. The molecule has 0 aliphatic heterocycles. The van der Waals surface area contributed by atoms with Crippen molar-refractivity contribution in [2.24, 2.45) is 0 Å². The van der Waals surface area contributed by atoms with Crippen molar-refractivity contribution in [1.29, 1.82) is 0 Å². The molecule has 0 heterocycles. The highest BCUT2D eigenvalue weighted by Crippen LogP contribution is 2.25. The number of carboxylic acids is 1. The van der Waals surface area contributed by atoms with Crippen LogP contribution in [0.1, 0.15) is 17.3 Å². The van der Waals surface area contributed by atoms with E-state index in [0.29, 0.717) is 19.8 Å². The summed E-state index contributed by atoms with van der Waals surface area (Å²) < 4.78 is 19.6. The molecule has 0 unspecified atom stereocenters. The summed E-state index contributed by atoms with van der Waals surface area (Å²) in [6.07, 6.45) is 0. The van der Waals surface area contributed by atoms with Gasteiger partial charge in [0.15, 0.2) is 0 Å². The summed E-state index contributed by atoms with van der Waals surface area (Å²) in [6, 6.07) is 2.72. The number of aliphatic carboxylic acids is 1. The summed E-state index contributed by atoms with van der Waals surface area (Å²) in [6.45, 7) is 2.94. The van der Waals surface area contributed by atoms with Crippen molar-refractivity contribution in [2.45, 2.75) is 6.92 Å². The van der Waals surface area contributed by atoms with E-state index in [-0.39, 0.29) is 13.2 Å². The van der Waals surface area contributed by atoms with Crippen LogP contribution in [0.25, 0.3) is 0 Å². The lowest BCUT2D eigenvalue weighted by Crippen LogP contribution is -2.21. The molecule has 0 amide bonds. The number of hydrogen-bond donors (Lipinski definition) is 1. The summed E-state index contributed by atoms with van der Waals surface area (Å²) in [7, 11) is 0. The molecule has 26 heavy (non-hydrogen) atoms. The lowest BCUT2D eigenvalue weighted by Gasteiger charge is -2.09. The Bertz CT molecular complexity index is 672. The van der Waals surface area contributed by atoms with E-state index in [2.05, 4.69) is 4.74 Å². The maximum Gasteiger partial charge on any atom is 0.422 e. The Morgan fingerprint density at radius 2 is 1.77 bits per heavy atom. The Kier molecular flexibility index (Phi) is 8.67. The molecule has 0 spiro atoms. The lowest BCUT2D eigenvalue weighted by atomic mass is 10.2. The minimum Gasteiger partial charge on any atom is -0.473 e. The molecule has 142 valence electrons. The molecule has 1 N–H and O–H groups in total. The molecule has 11 nitrogen and oxygen atoms in total. The van der Waals surface area contributed by atoms with Gasteiger partial charge in [0.1, 0.15) is 17.9 Å². The van der Waals surface area contributed by atoms with E-state index in [1.165, 1.54) is 0 Å². The number of hydrogen-bond acceptors (Lipinski definition) is 9. The maximum absolute atomic E-state index is 12.1. The molecule has 1 aromatic rings. The Hall–Kier alpha value is -3.05. The third-order valence-corrected chi connectivity index (χ3v) is 2.81. The van der Waals surface area contributed by atoms with Crippen molar-refractivity contribution in [1.82, 2.24) is 0 Å². The molecule has 0 bridgehead atoms. The van der Waals surface area contributed by atoms with E-state index in [4.69, 9.17) is 19.3 Å². The van der Waals surface area contributed by atoms with Crippen molar-refractivity contribution in [3.8, 4) is 5.75 Å². The zero-order chi connectivity index (χ0) is 19.5. The Morgan fingerprint density at radius 1 is 1.12 bits per heavy atom. The molecule has 0 radical (unpaired) electrons. The van der Waals surface area contributed by atoms with Crippen LogP contribution >= 0.6 is 0 Å². The van der Waals surface area contributed by atoms with Crippen LogP contribution < -0.4 is 4.74 Å². The predicted octanol–water partition coefficient (Wildman–Crippen LogP) is 0.795. The van der Waals surface area contributed by atoms with Crippen LogP contribution in [0.2, 0.25) is 0 Å². The van der Waals surface area contributed by atoms with Crippen molar-refractivity contribution < 1.29 is 43.4 Å². The standard InChI is InChI=1S/C15H17NO10/c1-2-23-5-6-24-7-8-25-14(19)11-9-10(16(21)22)3-4-12(11)26-15(20)13(17)18/h3-4,9H,2,5-8H2,1H3,(H,17,18). The van der Waals surface area contributed by atoms with Gasteiger partial charge in [0.25, 0.3) is 5.69 Å². The topological polar surface area (TPSA) is 152 Å². The van der Waals surface area contributed by atoms with Gasteiger partial charge < -0.3 is 24.1 Å². The summed E-state index contributed by atoms with van der Waals surface area (Å²) in [5, 5.41) is 19.4. The van der Waals surface area contributed by atoms with Crippen LogP contribution in [0, 0.1) is 10.1 Å². The van der Waals surface area contributed by atoms with Gasteiger partial charge in [-0.25, -0.2) is 14.4 Å². The van der Waals surface area contributed by atoms with Gasteiger partial charge in [0, 0.05) is 18.7 Å². The molecule has 0 fully saturated rings. The van der Waals surface area contributed by atoms with Crippen molar-refractivity contribution >= 4 is 23.6 Å². The largest absolute Gasteiger partial charge is 0.473 e. The highest BCUT2D eigenvalue weighted by Gasteiger charge is 2.23. The van der Waals surface area contributed by atoms with E-state index in [1.807, 2.05) is 6.92 Å². The van der Waals surface area contributed by atoms with Crippen LogP contribution in [-0.4, -0.2) is 61.0 Å². The quantitative estimate of drug-likeness (QED) is 0.156. The van der Waals surface area contributed by atoms with E-state index >= 15 is 0 Å². The second-order valence-corrected chi connectivity index (χ2v) is 4.58. The molecule has 0 aliphatic rings. The predicted molar refractivity (Wildman–Crippen MR) is 84.0 cm³/mol. The minimum atomic E-state index is -1.88. The zero-order valence-electron chi connectivity index (χ0n) is 13.8. The fraction of sp³-hybridized carbons (Fsp3) is 0.400. The average Bonchev–Trinajstić information content (AvgIpc) is 2.60. The van der Waals surface area contributed by atoms with Gasteiger partial charge in [-0.05, 0) is 13.0 Å². The van der Waals surface area contributed by atoms with Gasteiger partial charge in [-0.3, -0.25) is 10.1 Å². The van der Waals surface area contributed by atoms with Gasteiger partial charge in [0.2, 0.25) is 0 Å². The van der Waals surface area contributed by atoms with Crippen LogP contribution in [0.15, 0.2) is 18.2 Å². The summed E-state index contributed by atoms with van der Waals surface area (Å²) in [4.78, 5) is 43.8. The molecule has 0 saturated carbocycles. The van der Waals surface area contributed by atoms with Gasteiger partial charge in [0.05, 0.1) is 24.7 Å². The normalized spacial score (nSPS) is 10.2. The Balaban J connectivity index is 2.75. The van der Waals surface area contributed by atoms with Gasteiger partial charge >= 0.3 is 17.9 Å². The second-order valence-electron chi connectivity index (χ2n) is 4.58. The first-order valence-corrected chi connectivity index (χ1v) is 7.43. The Morgan fingerprint density at radius 3 is 2.38 bits per heavy atom. The molecule has 0 aliphatic carbocycles. The number of ether oxygens (including phenoxy) is 4. The number of rotatable bonds is 10. The number of nitrogens with zero attached hydrogens (tertiary/aromatic N) is 1. The number of nitro groups is 1. The zero-order valence-corrected chi connectivity index (χ0v) is 13.8. The summed E-state index contributed by atoms with van der Waals surface area (Å²) in [5.41, 5.74) is -0.914. The number of carbonyl (C=O) groups excluding carboxylic acids is 2. The number of carbonyl (C=O) groups is 3. The number of esters is 2. The molecule has 1 rings (SSSR count). The van der Waals surface area contributed by atoms with Crippen molar-refractivity contribution in [2.75, 3.05) is 33.0 Å². The van der Waals surface area contributed by atoms with Gasteiger partial charge in [-0.2, -0.15) is 0 Å². The summed E-state index contributed by atoms with van der Waals surface area (Å²) >= 11 is 0. The van der Waals surface area contributed by atoms with Crippen LogP contribution in [0.5, 0.6) is 5.75 Å². The molecule has 0 atom stereocenters. The number of non-ortho nitro benzene ring substituents is 1. The van der Waals surface area contributed by atoms with E-state index in [0.717, 1.165) is 18.2 Å². The van der Waals surface area contributed by atoms with Crippen molar-refractivity contribution in [3.05, 3.63) is 33.9 Å². The molecule has 1 aromatic carbocycles. The number of carboxylic acid groups (broad SMARTS) is 1. The SMILES string of the molecule is CCOCCOCCOC(=O)c1cc([N+](=O)[O-])ccc1OC(=O)C(=O)O. The van der Waals surface area contributed by atoms with E-state index in [9.17, 15) is 24.5 Å². The second kappa shape index (κ2) is 10.7. The van der Waals surface area contributed by atoms with E-state index < -0.39 is 39.8 Å². The number of nitro benzene ring substituents is 1. The molecule has 0 aromatic heterocycles. The molecular formula is C15H17NO10. The maximum atomic E-state index is 12.1. The fourth-order valence-corrected chi connectivity index (χ4v) is 1.66. The number of benzene rings is 1. The van der Waals surface area contributed by atoms with Crippen molar-refractivity contribution in [3.63, 3.8) is 0 Å². The van der Waals surface area contributed by atoms with Crippen LogP contribution in [-0.2, 0) is 23.8 Å². The first-order chi connectivity index (χ1) is 12.4. The third kappa shape index (κ3) is 6.83. The highest BCUT2D eigenvalue weighted by atomic mass is 16.6. The lowest BCUT2D eigenvalue weighted by molar-refractivity contribution is -0.384. The van der Waals surface area contributed by atoms with Gasteiger partial charge in [-0.1, -0.05) is 0 Å². The first kappa shape index (κ1) is 21.0. The monoisotopic (exact) mass is 371 g/mol. The van der Waals surface area contributed by atoms with Crippen LogP contribution in [0.3, 0.4) is 0 Å². The third-order valence-electron chi connectivity index (χ3n) is 2.81. The van der Waals surface area contributed by atoms with Gasteiger partial charge in [-0.15, -0.1) is 0 Å². The average molecular weight is 371 g/mol. The molecular weight excluding hydrogens is 354 g/mol. The van der Waals surface area contributed by atoms with E-state index in [1.54, 1.807) is 0 Å². The Labute approximate surface area is 147 Å². The van der Waals surface area contributed by atoms with Crippen LogP contribution in [0.4, 0.5) is 5.69 Å². The fourth-order valence-electron chi connectivity index (χ4n) is 1.66.